The van der Waals surface area contributed by atoms with Crippen LogP contribution in [0.15, 0.2) is 0 Å². The highest BCUT2D eigenvalue weighted by Crippen LogP contribution is 1.91. The SMILES string of the molecule is CC(C#N)CNC(C)CS(C)=O. The third kappa shape index (κ3) is 6.32. The first-order valence-corrected chi connectivity index (χ1v) is 5.72. The highest BCUT2D eigenvalue weighted by molar-refractivity contribution is 7.84. The van der Waals surface area contributed by atoms with Gasteiger partial charge in [0.15, 0.2) is 0 Å². The summed E-state index contributed by atoms with van der Waals surface area (Å²) in [5.41, 5.74) is 0. The van der Waals surface area contributed by atoms with Gasteiger partial charge in [0.1, 0.15) is 0 Å². The summed E-state index contributed by atoms with van der Waals surface area (Å²) in [7, 11) is -0.758. The summed E-state index contributed by atoms with van der Waals surface area (Å²) in [6.07, 6.45) is 1.69. The molecule has 70 valence electrons. The van der Waals surface area contributed by atoms with Crippen LogP contribution in [0.1, 0.15) is 13.8 Å². The van der Waals surface area contributed by atoms with E-state index in [0.717, 1.165) is 0 Å². The summed E-state index contributed by atoms with van der Waals surface area (Å²) >= 11 is 0. The minimum absolute atomic E-state index is 0.0257. The van der Waals surface area contributed by atoms with Crippen LogP contribution in [-0.4, -0.2) is 28.8 Å². The predicted octanol–water partition coefficient (Wildman–Crippen LogP) is 0.503. The lowest BCUT2D eigenvalue weighted by Gasteiger charge is -2.12. The first-order valence-electron chi connectivity index (χ1n) is 3.99. The fourth-order valence-corrected chi connectivity index (χ4v) is 1.66. The maximum Gasteiger partial charge on any atom is 0.0666 e. The molecule has 0 spiro atoms. The highest BCUT2D eigenvalue weighted by Gasteiger charge is 2.05. The fourth-order valence-electron chi connectivity index (χ4n) is 0.835. The van der Waals surface area contributed by atoms with Crippen molar-refractivity contribution in [2.24, 2.45) is 5.92 Å². The lowest BCUT2D eigenvalue weighted by atomic mass is 10.2. The lowest BCUT2D eigenvalue weighted by molar-refractivity contribution is 0.539. The summed E-state index contributed by atoms with van der Waals surface area (Å²) < 4.78 is 10.8. The zero-order valence-corrected chi connectivity index (χ0v) is 8.65. The Morgan fingerprint density at radius 2 is 2.17 bits per heavy atom. The van der Waals surface area contributed by atoms with Gasteiger partial charge in [-0.3, -0.25) is 4.21 Å². The number of rotatable bonds is 5. The van der Waals surface area contributed by atoms with Crippen LogP contribution in [0, 0.1) is 17.2 Å². The molecule has 1 N–H and O–H groups in total. The zero-order valence-electron chi connectivity index (χ0n) is 7.83. The molecule has 0 aromatic carbocycles. The molecule has 0 heterocycles. The summed E-state index contributed by atoms with van der Waals surface area (Å²) in [6, 6.07) is 2.36. The zero-order chi connectivity index (χ0) is 9.56. The van der Waals surface area contributed by atoms with Crippen LogP contribution in [0.5, 0.6) is 0 Å². The molecule has 0 rings (SSSR count). The molecule has 3 atom stereocenters. The Balaban J connectivity index is 3.51. The van der Waals surface area contributed by atoms with E-state index in [0.29, 0.717) is 12.3 Å². The monoisotopic (exact) mass is 188 g/mol. The summed E-state index contributed by atoms with van der Waals surface area (Å²) in [6.45, 7) is 4.52. The average molecular weight is 188 g/mol. The first-order chi connectivity index (χ1) is 5.56. The fraction of sp³-hybridized carbons (Fsp3) is 0.875. The van der Waals surface area contributed by atoms with Gasteiger partial charge in [0.2, 0.25) is 0 Å². The van der Waals surface area contributed by atoms with Crippen LogP contribution in [0.2, 0.25) is 0 Å². The molecule has 0 aromatic heterocycles. The maximum atomic E-state index is 10.8. The average Bonchev–Trinajstić information content (AvgIpc) is 1.99. The summed E-state index contributed by atoms with van der Waals surface area (Å²) in [4.78, 5) is 0. The molecule has 3 nitrogen and oxygen atoms in total. The molecule has 0 bridgehead atoms. The molecule has 0 amide bonds. The quantitative estimate of drug-likeness (QED) is 0.683. The Morgan fingerprint density at radius 3 is 2.58 bits per heavy atom. The van der Waals surface area contributed by atoms with E-state index < -0.39 is 10.8 Å². The van der Waals surface area contributed by atoms with E-state index in [1.807, 2.05) is 13.8 Å². The Labute approximate surface area is 76.6 Å². The lowest BCUT2D eigenvalue weighted by Crippen LogP contribution is -2.33. The number of hydrogen-bond donors (Lipinski definition) is 1. The van der Waals surface area contributed by atoms with E-state index in [1.54, 1.807) is 6.26 Å². The molecule has 0 aliphatic rings. The highest BCUT2D eigenvalue weighted by atomic mass is 32.2. The summed E-state index contributed by atoms with van der Waals surface area (Å²) in [5.74, 6) is 0.677. The smallest absolute Gasteiger partial charge is 0.0666 e. The third-order valence-electron chi connectivity index (χ3n) is 1.48. The first kappa shape index (κ1) is 11.6. The van der Waals surface area contributed by atoms with Crippen LogP contribution in [0.4, 0.5) is 0 Å². The van der Waals surface area contributed by atoms with Crippen molar-refractivity contribution < 1.29 is 4.21 Å². The van der Waals surface area contributed by atoms with Gasteiger partial charge >= 0.3 is 0 Å². The van der Waals surface area contributed by atoms with Crippen LogP contribution >= 0.6 is 0 Å². The minimum atomic E-state index is -0.758. The Kier molecular flexibility index (Phi) is 5.95. The third-order valence-corrected chi connectivity index (χ3v) is 2.45. The van der Waals surface area contributed by atoms with Gasteiger partial charge in [-0.1, -0.05) is 0 Å². The van der Waals surface area contributed by atoms with Crippen LogP contribution < -0.4 is 5.32 Å². The molecule has 0 aliphatic heterocycles. The Hall–Kier alpha value is -0.400. The minimum Gasteiger partial charge on any atom is -0.312 e. The van der Waals surface area contributed by atoms with Gasteiger partial charge in [-0.25, -0.2) is 0 Å². The van der Waals surface area contributed by atoms with Crippen molar-refractivity contribution >= 4 is 10.8 Å². The van der Waals surface area contributed by atoms with Crippen molar-refractivity contribution in [1.82, 2.24) is 5.32 Å². The van der Waals surface area contributed by atoms with Gasteiger partial charge in [0.25, 0.3) is 0 Å². The summed E-state index contributed by atoms with van der Waals surface area (Å²) in [5, 5.41) is 11.6. The molecule has 0 radical (unpaired) electrons. The van der Waals surface area contributed by atoms with Gasteiger partial charge in [0, 0.05) is 35.4 Å². The molecular weight excluding hydrogens is 172 g/mol. The van der Waals surface area contributed by atoms with Gasteiger partial charge in [-0.2, -0.15) is 5.26 Å². The molecule has 0 aromatic rings. The van der Waals surface area contributed by atoms with Crippen molar-refractivity contribution in [1.29, 1.82) is 5.26 Å². The number of nitriles is 1. The van der Waals surface area contributed by atoms with E-state index in [2.05, 4.69) is 11.4 Å². The number of hydrogen-bond acceptors (Lipinski definition) is 3. The van der Waals surface area contributed by atoms with Crippen molar-refractivity contribution in [3.8, 4) is 6.07 Å². The van der Waals surface area contributed by atoms with E-state index in [-0.39, 0.29) is 12.0 Å². The van der Waals surface area contributed by atoms with E-state index in [4.69, 9.17) is 5.26 Å². The van der Waals surface area contributed by atoms with Gasteiger partial charge < -0.3 is 5.32 Å². The number of nitrogens with zero attached hydrogens (tertiary/aromatic N) is 1. The van der Waals surface area contributed by atoms with Gasteiger partial charge in [-0.15, -0.1) is 0 Å². The standard InChI is InChI=1S/C8H16N2OS/c1-7(4-9)5-10-8(2)6-12(3)11/h7-8,10H,5-6H2,1-3H3. The molecule has 0 fully saturated rings. The normalized spacial score (nSPS) is 17.8. The van der Waals surface area contributed by atoms with Gasteiger partial charge in [-0.05, 0) is 13.8 Å². The van der Waals surface area contributed by atoms with Crippen LogP contribution in [-0.2, 0) is 10.8 Å². The Bertz CT molecular complexity index is 188. The van der Waals surface area contributed by atoms with Crippen molar-refractivity contribution in [2.75, 3.05) is 18.6 Å². The molecular formula is C8H16N2OS. The molecule has 0 saturated carbocycles. The number of nitrogens with one attached hydrogen (secondary N) is 1. The predicted molar refractivity (Wildman–Crippen MR) is 51.2 cm³/mol. The topological polar surface area (TPSA) is 52.9 Å². The molecule has 4 heteroatoms. The molecule has 0 saturated heterocycles. The largest absolute Gasteiger partial charge is 0.312 e. The maximum absolute atomic E-state index is 10.8. The van der Waals surface area contributed by atoms with Crippen LogP contribution in [0.3, 0.4) is 0 Å². The Morgan fingerprint density at radius 1 is 1.58 bits per heavy atom. The van der Waals surface area contributed by atoms with Crippen molar-refractivity contribution in [2.45, 2.75) is 19.9 Å². The second-order valence-corrected chi connectivity index (χ2v) is 4.56. The van der Waals surface area contributed by atoms with E-state index >= 15 is 0 Å². The molecule has 0 aliphatic carbocycles. The van der Waals surface area contributed by atoms with E-state index in [9.17, 15) is 4.21 Å². The van der Waals surface area contributed by atoms with Crippen LogP contribution in [0.25, 0.3) is 0 Å². The second kappa shape index (κ2) is 6.15. The van der Waals surface area contributed by atoms with E-state index in [1.165, 1.54) is 0 Å². The van der Waals surface area contributed by atoms with Gasteiger partial charge in [0.05, 0.1) is 12.0 Å². The molecule has 12 heavy (non-hydrogen) atoms. The second-order valence-electron chi connectivity index (χ2n) is 3.08. The van der Waals surface area contributed by atoms with Crippen molar-refractivity contribution in [3.05, 3.63) is 0 Å². The molecule has 3 unspecified atom stereocenters. The van der Waals surface area contributed by atoms with Crippen molar-refractivity contribution in [3.63, 3.8) is 0 Å².